The molecule has 2 N–H and O–H groups in total. The molecule has 0 saturated carbocycles. The van der Waals surface area contributed by atoms with E-state index in [0.29, 0.717) is 17.0 Å². The minimum absolute atomic E-state index is 0.0469. The molecule has 4 rings (SSSR count). The summed E-state index contributed by atoms with van der Waals surface area (Å²) in [5.41, 5.74) is 2.00. The highest BCUT2D eigenvalue weighted by atomic mass is 32.2. The molecule has 30 heavy (non-hydrogen) atoms. The number of aryl methyl sites for hydroxylation is 1. The first kappa shape index (κ1) is 20.3. The number of fused-ring (bicyclic) bond motifs is 1. The van der Waals surface area contributed by atoms with Gasteiger partial charge in [-0.25, -0.2) is 4.79 Å². The topological polar surface area (TPSA) is 112 Å². The van der Waals surface area contributed by atoms with Crippen molar-refractivity contribution in [3.05, 3.63) is 63.8 Å². The quantitative estimate of drug-likeness (QED) is 0.657. The predicted octanol–water partition coefficient (Wildman–Crippen LogP) is 1.84. The minimum atomic E-state index is -1.17. The number of rotatable bonds is 6. The van der Waals surface area contributed by atoms with Gasteiger partial charge >= 0.3 is 5.97 Å². The van der Waals surface area contributed by atoms with Crippen molar-refractivity contribution in [2.24, 2.45) is 0 Å². The highest BCUT2D eigenvalue weighted by Crippen LogP contribution is 2.40. The lowest BCUT2D eigenvalue weighted by molar-refractivity contribution is -0.150. The van der Waals surface area contributed by atoms with Crippen molar-refractivity contribution in [2.75, 3.05) is 5.75 Å². The predicted molar refractivity (Wildman–Crippen MR) is 114 cm³/mol. The summed E-state index contributed by atoms with van der Waals surface area (Å²) in [6.07, 6.45) is 3.55. The zero-order valence-corrected chi connectivity index (χ0v) is 17.6. The first-order chi connectivity index (χ1) is 14.5. The lowest BCUT2D eigenvalue weighted by atomic mass is 10.0. The van der Waals surface area contributed by atoms with Gasteiger partial charge in [-0.1, -0.05) is 40.9 Å². The Morgan fingerprint density at radius 1 is 1.30 bits per heavy atom. The Balaban J connectivity index is 1.49. The van der Waals surface area contributed by atoms with Crippen LogP contribution in [0.2, 0.25) is 0 Å². The summed E-state index contributed by atoms with van der Waals surface area (Å²) in [4.78, 5) is 39.1. The molecule has 8 nitrogen and oxygen atoms in total. The summed E-state index contributed by atoms with van der Waals surface area (Å²) in [7, 11) is 0. The molecule has 2 amide bonds. The maximum Gasteiger partial charge on any atom is 0.352 e. The number of benzene rings is 1. The second kappa shape index (κ2) is 8.41. The normalized spacial score (nSPS) is 20.8. The van der Waals surface area contributed by atoms with Crippen molar-refractivity contribution >= 4 is 47.2 Å². The van der Waals surface area contributed by atoms with Gasteiger partial charge in [-0.15, -0.1) is 16.9 Å². The zero-order chi connectivity index (χ0) is 21.3. The van der Waals surface area contributed by atoms with Crippen LogP contribution < -0.4 is 5.32 Å². The number of hydrogen-bond acceptors (Lipinski definition) is 7. The van der Waals surface area contributed by atoms with E-state index in [-0.39, 0.29) is 18.0 Å². The number of aromatic nitrogens is 2. The number of carbonyl (C=O) groups is 3. The van der Waals surface area contributed by atoms with Crippen LogP contribution in [-0.4, -0.2) is 54.5 Å². The highest BCUT2D eigenvalue weighted by molar-refractivity contribution is 8.00. The van der Waals surface area contributed by atoms with Gasteiger partial charge < -0.3 is 10.4 Å². The molecule has 2 aliphatic rings. The molecule has 0 bridgehead atoms. The number of carboxylic acid groups (broad SMARTS) is 1. The number of amides is 2. The van der Waals surface area contributed by atoms with Crippen molar-refractivity contribution < 1.29 is 19.5 Å². The van der Waals surface area contributed by atoms with E-state index >= 15 is 0 Å². The fraction of sp³-hybridized carbons (Fsp3) is 0.250. The summed E-state index contributed by atoms with van der Waals surface area (Å²) in [6.45, 7) is 1.88. The third-order valence-corrected chi connectivity index (χ3v) is 6.80. The van der Waals surface area contributed by atoms with Crippen LogP contribution in [0.1, 0.15) is 16.1 Å². The van der Waals surface area contributed by atoms with E-state index in [1.54, 1.807) is 12.2 Å². The smallest absolute Gasteiger partial charge is 0.352 e. The second-order valence-electron chi connectivity index (χ2n) is 6.84. The van der Waals surface area contributed by atoms with Gasteiger partial charge in [0.25, 0.3) is 5.91 Å². The molecular formula is C20H18N4O4S2. The first-order valence-corrected chi connectivity index (χ1v) is 11.0. The number of allylic oxidation sites excluding steroid dienone is 1. The van der Waals surface area contributed by atoms with Crippen LogP contribution in [0.4, 0.5) is 0 Å². The number of nitrogens with one attached hydrogen (secondary N) is 1. The average Bonchev–Trinajstić information content (AvgIpc) is 3.15. The van der Waals surface area contributed by atoms with Crippen LogP contribution in [0.15, 0.2) is 47.7 Å². The van der Waals surface area contributed by atoms with Crippen LogP contribution >= 0.6 is 23.3 Å². The molecule has 1 aromatic carbocycles. The van der Waals surface area contributed by atoms with Crippen molar-refractivity contribution in [1.82, 2.24) is 19.8 Å². The van der Waals surface area contributed by atoms with E-state index < -0.39 is 23.3 Å². The number of thioether (sulfide) groups is 1. The van der Waals surface area contributed by atoms with Crippen molar-refractivity contribution in [3.8, 4) is 0 Å². The van der Waals surface area contributed by atoms with Gasteiger partial charge in [-0.05, 0) is 35.7 Å². The maximum atomic E-state index is 12.7. The molecule has 0 radical (unpaired) electrons. The van der Waals surface area contributed by atoms with E-state index in [9.17, 15) is 19.5 Å². The van der Waals surface area contributed by atoms with Gasteiger partial charge in [0.05, 0.1) is 6.42 Å². The second-order valence-corrected chi connectivity index (χ2v) is 8.91. The van der Waals surface area contributed by atoms with Gasteiger partial charge in [0.1, 0.15) is 22.8 Å². The number of nitrogens with zero attached hydrogens (tertiary/aromatic N) is 3. The number of hydrogen-bond donors (Lipinski definition) is 2. The third kappa shape index (κ3) is 3.88. The SMILES string of the molecule is Cc1snnc1C=CC1=C(C(=O)O)N2C(=O)C(NC(=O)Cc3ccccc3)[C@@H]2SC1. The summed E-state index contributed by atoms with van der Waals surface area (Å²) >= 11 is 2.69. The maximum absolute atomic E-state index is 12.7. The summed E-state index contributed by atoms with van der Waals surface area (Å²) < 4.78 is 3.86. The van der Waals surface area contributed by atoms with E-state index in [1.165, 1.54) is 28.2 Å². The fourth-order valence-corrected chi connectivity index (χ4v) is 5.12. The van der Waals surface area contributed by atoms with Gasteiger partial charge in [-0.3, -0.25) is 14.5 Å². The lowest BCUT2D eigenvalue weighted by Gasteiger charge is -2.49. The first-order valence-electron chi connectivity index (χ1n) is 9.17. The fourth-order valence-electron chi connectivity index (χ4n) is 3.35. The van der Waals surface area contributed by atoms with E-state index in [2.05, 4.69) is 14.9 Å². The Kier molecular flexibility index (Phi) is 5.69. The average molecular weight is 443 g/mol. The number of carboxylic acids is 1. The van der Waals surface area contributed by atoms with Crippen LogP contribution in [0.25, 0.3) is 6.08 Å². The van der Waals surface area contributed by atoms with Gasteiger partial charge in [-0.2, -0.15) is 0 Å². The molecule has 1 aromatic heterocycles. The van der Waals surface area contributed by atoms with Crippen LogP contribution in [0, 0.1) is 6.92 Å². The van der Waals surface area contributed by atoms with Gasteiger partial charge in [0, 0.05) is 10.6 Å². The molecule has 2 aliphatic heterocycles. The van der Waals surface area contributed by atoms with Crippen LogP contribution in [-0.2, 0) is 20.8 Å². The molecule has 1 fully saturated rings. The molecule has 1 saturated heterocycles. The summed E-state index contributed by atoms with van der Waals surface area (Å²) in [6, 6.07) is 8.51. The van der Waals surface area contributed by atoms with Crippen LogP contribution in [0.3, 0.4) is 0 Å². The van der Waals surface area contributed by atoms with Crippen molar-refractivity contribution in [3.63, 3.8) is 0 Å². The van der Waals surface area contributed by atoms with Crippen molar-refractivity contribution in [1.29, 1.82) is 0 Å². The summed E-state index contributed by atoms with van der Waals surface area (Å²) in [5, 5.41) is 16.0. The van der Waals surface area contributed by atoms with Crippen molar-refractivity contribution in [2.45, 2.75) is 24.8 Å². The molecule has 10 heteroatoms. The highest BCUT2D eigenvalue weighted by Gasteiger charge is 2.53. The Morgan fingerprint density at radius 3 is 2.73 bits per heavy atom. The Labute approximate surface area is 180 Å². The number of carbonyl (C=O) groups excluding carboxylic acids is 2. The molecule has 2 aromatic rings. The number of β-lactam (4-membered cyclic amide) rings is 1. The molecule has 154 valence electrons. The minimum Gasteiger partial charge on any atom is -0.477 e. The molecular weight excluding hydrogens is 424 g/mol. The Hall–Kier alpha value is -2.98. The Morgan fingerprint density at radius 2 is 2.07 bits per heavy atom. The van der Waals surface area contributed by atoms with E-state index in [4.69, 9.17) is 0 Å². The van der Waals surface area contributed by atoms with E-state index in [1.807, 2.05) is 37.3 Å². The monoisotopic (exact) mass is 442 g/mol. The summed E-state index contributed by atoms with van der Waals surface area (Å²) in [5.74, 6) is -1.44. The largest absolute Gasteiger partial charge is 0.477 e. The molecule has 2 atom stereocenters. The third-order valence-electron chi connectivity index (χ3n) is 4.85. The molecule has 0 aliphatic carbocycles. The van der Waals surface area contributed by atoms with Gasteiger partial charge in [0.2, 0.25) is 5.91 Å². The lowest BCUT2D eigenvalue weighted by Crippen LogP contribution is -2.70. The molecule has 0 spiro atoms. The standard InChI is InChI=1S/C20H18N4O4S2/c1-11-14(22-23-30-11)8-7-13-10-29-19-16(18(26)24(19)17(13)20(27)28)21-15(25)9-12-5-3-2-4-6-12/h2-8,16,19H,9-10H2,1H3,(H,21,25)(H,27,28)/t16?,19-/m0/s1. The zero-order valence-electron chi connectivity index (χ0n) is 15.9. The van der Waals surface area contributed by atoms with Crippen LogP contribution in [0.5, 0.6) is 0 Å². The Bertz CT molecular complexity index is 1060. The van der Waals surface area contributed by atoms with Gasteiger partial charge in [0.15, 0.2) is 0 Å². The molecule has 1 unspecified atom stereocenters. The number of aliphatic carboxylic acids is 1. The van der Waals surface area contributed by atoms with E-state index in [0.717, 1.165) is 10.4 Å². The molecule has 3 heterocycles.